The number of aliphatic hydroxyl groups excluding tert-OH is 1. The number of phenolic OH excluding ortho intramolecular Hbond substituents is 1. The number of rotatable bonds is 3. The Morgan fingerprint density at radius 3 is 2.76 bits per heavy atom. The highest BCUT2D eigenvalue weighted by Crippen LogP contribution is 2.33. The average molecular weight is 286 g/mol. The highest BCUT2D eigenvalue weighted by Gasteiger charge is 2.22. The van der Waals surface area contributed by atoms with E-state index in [0.717, 1.165) is 0 Å². The topological polar surface area (TPSA) is 128 Å². The van der Waals surface area contributed by atoms with Gasteiger partial charge in [-0.05, 0) is 6.07 Å². The van der Waals surface area contributed by atoms with E-state index in [0.29, 0.717) is 16.6 Å². The number of aromatic nitrogens is 3. The maximum Gasteiger partial charge on any atom is 0.276 e. The molecule has 0 saturated heterocycles. The number of anilines is 1. The molecule has 1 atom stereocenters. The van der Waals surface area contributed by atoms with Gasteiger partial charge in [0.15, 0.2) is 0 Å². The molecule has 0 aliphatic rings. The maximum absolute atomic E-state index is 11.8. The number of nitrogen functional groups attached to an aromatic ring is 1. The van der Waals surface area contributed by atoms with Crippen LogP contribution in [0.25, 0.3) is 11.0 Å². The molecule has 7 heteroatoms. The first-order valence-corrected chi connectivity index (χ1v) is 6.37. The van der Waals surface area contributed by atoms with Crippen LogP contribution >= 0.6 is 0 Å². The van der Waals surface area contributed by atoms with E-state index in [4.69, 9.17) is 5.73 Å². The van der Waals surface area contributed by atoms with Crippen LogP contribution in [0.3, 0.4) is 0 Å². The van der Waals surface area contributed by atoms with Crippen molar-refractivity contribution in [2.75, 3.05) is 12.3 Å². The van der Waals surface area contributed by atoms with E-state index in [1.54, 1.807) is 30.5 Å². The third kappa shape index (κ3) is 2.13. The summed E-state index contributed by atoms with van der Waals surface area (Å²) in [6, 6.07) is 6.72. The first-order valence-electron chi connectivity index (χ1n) is 6.37. The smallest absolute Gasteiger partial charge is 0.276 e. The molecule has 108 valence electrons. The van der Waals surface area contributed by atoms with Gasteiger partial charge in [0.1, 0.15) is 16.8 Å². The number of H-pyrrole nitrogens is 2. The summed E-state index contributed by atoms with van der Waals surface area (Å²) in [5.74, 6) is -0.431. The molecule has 0 fully saturated rings. The number of aliphatic hydroxyl groups is 1. The average Bonchev–Trinajstić information content (AvgIpc) is 2.86. The van der Waals surface area contributed by atoms with Crippen LogP contribution in [-0.4, -0.2) is 31.8 Å². The van der Waals surface area contributed by atoms with Gasteiger partial charge in [0.05, 0.1) is 6.61 Å². The van der Waals surface area contributed by atoms with Gasteiger partial charge >= 0.3 is 0 Å². The molecule has 0 aliphatic heterocycles. The van der Waals surface area contributed by atoms with Crippen molar-refractivity contribution in [1.82, 2.24) is 15.0 Å². The molecule has 1 unspecified atom stereocenters. The molecule has 0 aliphatic carbocycles. The fourth-order valence-corrected chi connectivity index (χ4v) is 2.46. The Bertz CT molecular complexity index is 853. The largest absolute Gasteiger partial charge is 0.508 e. The van der Waals surface area contributed by atoms with E-state index >= 15 is 0 Å². The summed E-state index contributed by atoms with van der Waals surface area (Å²) in [7, 11) is 0. The Morgan fingerprint density at radius 1 is 1.29 bits per heavy atom. The quantitative estimate of drug-likeness (QED) is 0.483. The molecule has 0 amide bonds. The zero-order chi connectivity index (χ0) is 15.0. The third-order valence-corrected chi connectivity index (χ3v) is 3.45. The van der Waals surface area contributed by atoms with Crippen LogP contribution in [0, 0.1) is 0 Å². The number of hydrogen-bond acceptors (Lipinski definition) is 5. The highest BCUT2D eigenvalue weighted by molar-refractivity contribution is 5.80. The van der Waals surface area contributed by atoms with E-state index in [-0.39, 0.29) is 29.4 Å². The molecule has 0 radical (unpaired) electrons. The van der Waals surface area contributed by atoms with E-state index in [9.17, 15) is 15.0 Å². The van der Waals surface area contributed by atoms with E-state index in [1.807, 2.05) is 0 Å². The van der Waals surface area contributed by atoms with E-state index in [1.165, 1.54) is 0 Å². The van der Waals surface area contributed by atoms with Crippen molar-refractivity contribution in [3.05, 3.63) is 51.9 Å². The lowest BCUT2D eigenvalue weighted by Gasteiger charge is -2.15. The number of phenols is 1. The summed E-state index contributed by atoms with van der Waals surface area (Å²) in [4.78, 5) is 21.2. The fourth-order valence-electron chi connectivity index (χ4n) is 2.46. The van der Waals surface area contributed by atoms with E-state index < -0.39 is 5.92 Å². The molecule has 1 aromatic carbocycles. The first kappa shape index (κ1) is 13.2. The van der Waals surface area contributed by atoms with Crippen LogP contribution in [-0.2, 0) is 0 Å². The molecule has 3 rings (SSSR count). The van der Waals surface area contributed by atoms with Crippen LogP contribution in [0.5, 0.6) is 5.75 Å². The van der Waals surface area contributed by atoms with Gasteiger partial charge in [-0.25, -0.2) is 4.98 Å². The van der Waals surface area contributed by atoms with Crippen molar-refractivity contribution in [1.29, 1.82) is 0 Å². The van der Waals surface area contributed by atoms with Crippen LogP contribution in [0.2, 0.25) is 0 Å². The van der Waals surface area contributed by atoms with Crippen molar-refractivity contribution in [2.45, 2.75) is 5.92 Å². The molecule has 3 aromatic rings. The number of fused-ring (bicyclic) bond motifs is 1. The summed E-state index contributed by atoms with van der Waals surface area (Å²) in [5, 5.41) is 19.7. The summed E-state index contributed by atoms with van der Waals surface area (Å²) in [5.41, 5.74) is 7.03. The Kier molecular flexibility index (Phi) is 3.11. The molecule has 21 heavy (non-hydrogen) atoms. The van der Waals surface area contributed by atoms with Gasteiger partial charge in [-0.15, -0.1) is 0 Å². The Balaban J connectivity index is 2.23. The van der Waals surface area contributed by atoms with Crippen molar-refractivity contribution in [3.63, 3.8) is 0 Å². The number of nitrogens with zero attached hydrogens (tertiary/aromatic N) is 1. The molecule has 6 N–H and O–H groups in total. The van der Waals surface area contributed by atoms with Crippen LogP contribution in [0.1, 0.15) is 17.0 Å². The zero-order valence-corrected chi connectivity index (χ0v) is 11.0. The molecule has 2 heterocycles. The van der Waals surface area contributed by atoms with Gasteiger partial charge < -0.3 is 20.9 Å². The molecular formula is C14H14N4O3. The minimum Gasteiger partial charge on any atom is -0.508 e. The number of aromatic amines is 2. The lowest BCUT2D eigenvalue weighted by Crippen LogP contribution is -2.12. The first-order chi connectivity index (χ1) is 10.1. The van der Waals surface area contributed by atoms with Gasteiger partial charge in [0.2, 0.25) is 5.95 Å². The van der Waals surface area contributed by atoms with Crippen LogP contribution in [0.4, 0.5) is 5.95 Å². The standard InChI is InChI=1S/C14H14N4O3/c15-14-17-11-8(5-16-12(11)13(21)18-14)9(6-19)7-3-1-2-4-10(7)20/h1-5,9,16,19-20H,6H2,(H3,15,17,18,21). The minimum atomic E-state index is -0.506. The predicted molar refractivity (Wildman–Crippen MR) is 78.2 cm³/mol. The van der Waals surface area contributed by atoms with Crippen LogP contribution < -0.4 is 11.3 Å². The predicted octanol–water partition coefficient (Wildman–Crippen LogP) is 0.663. The summed E-state index contributed by atoms with van der Waals surface area (Å²) in [6.07, 6.45) is 1.60. The van der Waals surface area contributed by atoms with Crippen molar-refractivity contribution in [3.8, 4) is 5.75 Å². The van der Waals surface area contributed by atoms with Gasteiger partial charge in [0.25, 0.3) is 5.56 Å². The van der Waals surface area contributed by atoms with Crippen molar-refractivity contribution in [2.24, 2.45) is 0 Å². The maximum atomic E-state index is 11.8. The third-order valence-electron chi connectivity index (χ3n) is 3.45. The normalized spacial score (nSPS) is 12.6. The van der Waals surface area contributed by atoms with Gasteiger partial charge in [0, 0.05) is 23.2 Å². The van der Waals surface area contributed by atoms with Gasteiger partial charge in [-0.3, -0.25) is 9.78 Å². The molecular weight excluding hydrogens is 272 g/mol. The monoisotopic (exact) mass is 286 g/mol. The Labute approximate surface area is 119 Å². The summed E-state index contributed by atoms with van der Waals surface area (Å²) in [6.45, 7) is -0.237. The summed E-state index contributed by atoms with van der Waals surface area (Å²) < 4.78 is 0. The molecule has 0 spiro atoms. The highest BCUT2D eigenvalue weighted by atomic mass is 16.3. The zero-order valence-electron chi connectivity index (χ0n) is 11.0. The van der Waals surface area contributed by atoms with Crippen LogP contribution in [0.15, 0.2) is 35.3 Å². The Morgan fingerprint density at radius 2 is 2.05 bits per heavy atom. The SMILES string of the molecule is Nc1nc2c(C(CO)c3ccccc3O)c[nH]c2c(=O)[nH]1. The number of para-hydroxylation sites is 1. The number of benzene rings is 1. The van der Waals surface area contributed by atoms with Crippen molar-refractivity contribution >= 4 is 17.0 Å². The van der Waals surface area contributed by atoms with E-state index in [2.05, 4.69) is 15.0 Å². The fraction of sp³-hybridized carbons (Fsp3) is 0.143. The number of aromatic hydroxyl groups is 1. The number of hydrogen-bond donors (Lipinski definition) is 5. The molecule has 7 nitrogen and oxygen atoms in total. The number of nitrogens with one attached hydrogen (secondary N) is 2. The second kappa shape index (κ2) is 4.95. The Hall–Kier alpha value is -2.80. The minimum absolute atomic E-state index is 0.00215. The summed E-state index contributed by atoms with van der Waals surface area (Å²) >= 11 is 0. The number of nitrogens with two attached hydrogens (primary N) is 1. The second-order valence-electron chi connectivity index (χ2n) is 4.71. The lowest BCUT2D eigenvalue weighted by molar-refractivity contribution is 0.278. The second-order valence-corrected chi connectivity index (χ2v) is 4.71. The lowest BCUT2D eigenvalue weighted by atomic mass is 9.92. The van der Waals surface area contributed by atoms with Gasteiger partial charge in [-0.1, -0.05) is 18.2 Å². The van der Waals surface area contributed by atoms with Crippen molar-refractivity contribution < 1.29 is 10.2 Å². The molecule has 0 saturated carbocycles. The molecule has 0 bridgehead atoms. The van der Waals surface area contributed by atoms with Gasteiger partial charge in [-0.2, -0.15) is 0 Å². The molecule has 2 aromatic heterocycles.